The van der Waals surface area contributed by atoms with Crippen molar-refractivity contribution >= 4 is 17.7 Å². The summed E-state index contributed by atoms with van der Waals surface area (Å²) in [5, 5.41) is 3.05. The number of aromatic amines is 1. The molecule has 6 rings (SSSR count). The van der Waals surface area contributed by atoms with Gasteiger partial charge in [-0.15, -0.1) is 11.8 Å². The SMILES string of the molecule is COC1CN(C2CCC([C@]3(C)Oc4c(C)c(C(=O)NCc5c(SC)cc(C)[nH]c5=O)c5c(c4O3)CCC5)CC2)C1. The Morgan fingerprint density at radius 1 is 1.15 bits per heavy atom. The monoisotopic (exact) mass is 567 g/mol. The molecule has 40 heavy (non-hydrogen) atoms. The van der Waals surface area contributed by atoms with Gasteiger partial charge in [0.25, 0.3) is 17.3 Å². The first-order chi connectivity index (χ1) is 19.2. The molecule has 0 radical (unpaired) electrons. The van der Waals surface area contributed by atoms with E-state index in [-0.39, 0.29) is 18.0 Å². The second kappa shape index (κ2) is 10.7. The van der Waals surface area contributed by atoms with Gasteiger partial charge in [0.05, 0.1) is 6.10 Å². The van der Waals surface area contributed by atoms with Crippen molar-refractivity contribution in [2.24, 2.45) is 5.92 Å². The second-order valence-electron chi connectivity index (χ2n) is 12.0. The number of fused-ring (bicyclic) bond motifs is 3. The topological polar surface area (TPSA) is 92.9 Å². The highest BCUT2D eigenvalue weighted by Crippen LogP contribution is 2.53. The van der Waals surface area contributed by atoms with Crippen molar-refractivity contribution in [3.05, 3.63) is 49.9 Å². The highest BCUT2D eigenvalue weighted by Gasteiger charge is 2.49. The molecule has 0 spiro atoms. The number of thioether (sulfide) groups is 1. The molecule has 0 unspecified atom stereocenters. The molecule has 1 aromatic heterocycles. The van der Waals surface area contributed by atoms with Crippen LogP contribution in [0.1, 0.15) is 77.3 Å². The number of pyridine rings is 1. The minimum atomic E-state index is -0.726. The Balaban J connectivity index is 1.20. The van der Waals surface area contributed by atoms with E-state index in [0.29, 0.717) is 29.2 Å². The van der Waals surface area contributed by atoms with Crippen LogP contribution < -0.4 is 20.3 Å². The van der Waals surface area contributed by atoms with E-state index in [1.165, 1.54) is 11.8 Å². The Morgan fingerprint density at radius 2 is 1.85 bits per heavy atom. The highest BCUT2D eigenvalue weighted by molar-refractivity contribution is 7.98. The molecule has 2 aliphatic carbocycles. The summed E-state index contributed by atoms with van der Waals surface area (Å²) in [6.45, 7) is 8.17. The minimum absolute atomic E-state index is 0.157. The molecule has 1 atom stereocenters. The molecule has 4 aliphatic rings. The largest absolute Gasteiger partial charge is 0.448 e. The van der Waals surface area contributed by atoms with Crippen molar-refractivity contribution in [1.82, 2.24) is 15.2 Å². The number of hydrogen-bond acceptors (Lipinski definition) is 7. The van der Waals surface area contributed by atoms with Crippen molar-refractivity contribution in [2.75, 3.05) is 26.5 Å². The van der Waals surface area contributed by atoms with Crippen LogP contribution in [0.3, 0.4) is 0 Å². The highest BCUT2D eigenvalue weighted by atomic mass is 32.2. The number of aromatic nitrogens is 1. The third kappa shape index (κ3) is 4.73. The molecule has 2 fully saturated rings. The van der Waals surface area contributed by atoms with Crippen LogP contribution in [-0.2, 0) is 24.1 Å². The normalized spacial score (nSPS) is 26.0. The van der Waals surface area contributed by atoms with Crippen molar-refractivity contribution in [3.8, 4) is 11.5 Å². The Bertz CT molecular complexity index is 1380. The second-order valence-corrected chi connectivity index (χ2v) is 12.9. The Kier molecular flexibility index (Phi) is 7.42. The fourth-order valence-corrected chi connectivity index (χ4v) is 7.93. The zero-order chi connectivity index (χ0) is 28.2. The summed E-state index contributed by atoms with van der Waals surface area (Å²) in [4.78, 5) is 32.6. The van der Waals surface area contributed by atoms with Gasteiger partial charge in [0.15, 0.2) is 11.5 Å². The lowest BCUT2D eigenvalue weighted by Gasteiger charge is -2.47. The molecule has 3 heterocycles. The first kappa shape index (κ1) is 27.7. The van der Waals surface area contributed by atoms with Gasteiger partial charge in [-0.1, -0.05) is 0 Å². The predicted octanol–water partition coefficient (Wildman–Crippen LogP) is 4.51. The summed E-state index contributed by atoms with van der Waals surface area (Å²) in [7, 11) is 1.80. The average molecular weight is 568 g/mol. The van der Waals surface area contributed by atoms with Gasteiger partial charge in [-0.05, 0) is 76.7 Å². The van der Waals surface area contributed by atoms with E-state index in [1.807, 2.05) is 26.2 Å². The van der Waals surface area contributed by atoms with Crippen LogP contribution in [0.2, 0.25) is 0 Å². The Labute approximate surface area is 240 Å². The Morgan fingerprint density at radius 3 is 2.55 bits per heavy atom. The van der Waals surface area contributed by atoms with E-state index < -0.39 is 5.79 Å². The molecule has 8 nitrogen and oxygen atoms in total. The van der Waals surface area contributed by atoms with Gasteiger partial charge >= 0.3 is 0 Å². The number of methoxy groups -OCH3 is 1. The summed E-state index contributed by atoms with van der Waals surface area (Å²) >= 11 is 1.52. The lowest BCUT2D eigenvalue weighted by molar-refractivity contribution is -0.130. The zero-order valence-electron chi connectivity index (χ0n) is 24.3. The maximum Gasteiger partial charge on any atom is 0.254 e. The zero-order valence-corrected chi connectivity index (χ0v) is 25.1. The van der Waals surface area contributed by atoms with Crippen LogP contribution in [0.25, 0.3) is 0 Å². The lowest BCUT2D eigenvalue weighted by Crippen LogP contribution is -2.57. The van der Waals surface area contributed by atoms with Crippen molar-refractivity contribution in [1.29, 1.82) is 0 Å². The number of aryl methyl sites for hydroxylation is 1. The van der Waals surface area contributed by atoms with Crippen LogP contribution in [0, 0.1) is 19.8 Å². The third-order valence-electron chi connectivity index (χ3n) is 9.59. The lowest BCUT2D eigenvalue weighted by atomic mass is 9.80. The first-order valence-electron chi connectivity index (χ1n) is 14.6. The van der Waals surface area contributed by atoms with Crippen molar-refractivity contribution in [3.63, 3.8) is 0 Å². The van der Waals surface area contributed by atoms with E-state index in [0.717, 1.165) is 96.8 Å². The molecule has 9 heteroatoms. The number of carbonyl (C=O) groups is 1. The van der Waals surface area contributed by atoms with Gasteiger partial charge in [-0.25, -0.2) is 0 Å². The molecule has 2 N–H and O–H groups in total. The molecule has 216 valence electrons. The van der Waals surface area contributed by atoms with Gasteiger partial charge in [-0.3, -0.25) is 14.5 Å². The summed E-state index contributed by atoms with van der Waals surface area (Å²) in [6, 6.07) is 2.56. The Hall–Kier alpha value is -2.49. The van der Waals surface area contributed by atoms with Crippen LogP contribution in [0.4, 0.5) is 0 Å². The minimum Gasteiger partial charge on any atom is -0.448 e. The predicted molar refractivity (Wildman–Crippen MR) is 156 cm³/mol. The third-order valence-corrected chi connectivity index (χ3v) is 10.4. The van der Waals surface area contributed by atoms with Gasteiger partial charge < -0.3 is 24.5 Å². The van der Waals surface area contributed by atoms with Gasteiger partial charge in [0, 0.05) is 78.5 Å². The molecular weight excluding hydrogens is 526 g/mol. The van der Waals surface area contributed by atoms with E-state index >= 15 is 0 Å². The van der Waals surface area contributed by atoms with E-state index in [1.54, 1.807) is 7.11 Å². The van der Waals surface area contributed by atoms with Gasteiger partial charge in [0.1, 0.15) is 0 Å². The van der Waals surface area contributed by atoms with Crippen LogP contribution in [-0.4, -0.2) is 60.2 Å². The van der Waals surface area contributed by atoms with E-state index in [4.69, 9.17) is 14.2 Å². The van der Waals surface area contributed by atoms with Crippen LogP contribution >= 0.6 is 11.8 Å². The number of benzene rings is 1. The van der Waals surface area contributed by atoms with E-state index in [2.05, 4.69) is 22.1 Å². The summed E-state index contributed by atoms with van der Waals surface area (Å²) in [5.41, 5.74) is 4.94. The van der Waals surface area contributed by atoms with E-state index in [9.17, 15) is 9.59 Å². The van der Waals surface area contributed by atoms with Gasteiger partial charge in [-0.2, -0.15) is 0 Å². The molecule has 0 bridgehead atoms. The molecule has 2 aromatic rings. The van der Waals surface area contributed by atoms with Crippen LogP contribution in [0.15, 0.2) is 15.8 Å². The number of nitrogens with one attached hydrogen (secondary N) is 2. The number of amides is 1. The smallest absolute Gasteiger partial charge is 0.254 e. The molecular formula is C31H41N3O5S. The molecule has 1 aromatic carbocycles. The number of likely N-dealkylation sites (tertiary alicyclic amines) is 1. The number of hydrogen-bond donors (Lipinski definition) is 2. The number of ether oxygens (including phenoxy) is 3. The standard InChI is InChI=1S/C31H41N3O5S/c1-17-13-25(40-5)24(29(35)33-17)14-32-30(36)26-18(2)27-28(23-8-6-7-22(23)26)39-31(3,38-27)19-9-11-20(12-10-19)34-15-21(16-34)37-4/h13,19-21H,6-12,14-16H2,1-5H3,(H,32,36)(H,33,35)/t19?,20?,31-/m1/s1. The van der Waals surface area contributed by atoms with Crippen molar-refractivity contribution in [2.45, 2.75) is 95.1 Å². The van der Waals surface area contributed by atoms with Crippen LogP contribution in [0.5, 0.6) is 11.5 Å². The molecule has 1 amide bonds. The summed E-state index contributed by atoms with van der Waals surface area (Å²) < 4.78 is 18.9. The molecule has 2 aliphatic heterocycles. The maximum absolute atomic E-state index is 13.7. The average Bonchev–Trinajstić information content (AvgIpc) is 3.53. The first-order valence-corrected chi connectivity index (χ1v) is 15.8. The maximum atomic E-state index is 13.7. The number of carbonyl (C=O) groups excluding carboxylic acids is 1. The van der Waals surface area contributed by atoms with Gasteiger partial charge in [0.2, 0.25) is 0 Å². The number of H-pyrrole nitrogens is 1. The molecule has 1 saturated heterocycles. The summed E-state index contributed by atoms with van der Waals surface area (Å²) in [6.07, 6.45) is 9.43. The fraction of sp³-hybridized carbons (Fsp3) is 0.613. The molecule has 1 saturated carbocycles. The summed E-state index contributed by atoms with van der Waals surface area (Å²) in [5.74, 6) is 0.973. The number of rotatable bonds is 7. The number of nitrogens with zero attached hydrogens (tertiary/aromatic N) is 1. The quantitative estimate of drug-likeness (QED) is 0.476. The van der Waals surface area contributed by atoms with Crippen molar-refractivity contribution < 1.29 is 19.0 Å². The fourth-order valence-electron chi connectivity index (χ4n) is 7.22.